The summed E-state index contributed by atoms with van der Waals surface area (Å²) >= 11 is 0. The van der Waals surface area contributed by atoms with Gasteiger partial charge >= 0.3 is 5.56 Å². The van der Waals surface area contributed by atoms with Crippen LogP contribution in [0.15, 0.2) is 47.4 Å². The number of hydrogen-bond donors (Lipinski definition) is 1. The van der Waals surface area contributed by atoms with E-state index >= 15 is 0 Å². The summed E-state index contributed by atoms with van der Waals surface area (Å²) in [6, 6.07) is 8.74. The molecule has 1 N–H and O–H groups in total. The van der Waals surface area contributed by atoms with Crippen molar-refractivity contribution < 1.29 is 18.3 Å². The Balaban J connectivity index is 1.97. The molecule has 8 heteroatoms. The van der Waals surface area contributed by atoms with Gasteiger partial charge in [0.25, 0.3) is 0 Å². The Morgan fingerprint density at radius 3 is 2.43 bits per heavy atom. The van der Waals surface area contributed by atoms with E-state index in [2.05, 4.69) is 10.3 Å². The zero-order valence-corrected chi connectivity index (χ0v) is 17.2. The standard InChI is InChI=1S/C22H23F2N3O3/c1-13(2)30-18-5-6-19(14(3)7-18)25-22-26-21(28)20(29-4)12-27(22)11-15-8-16(23)10-17(24)9-15/h5-10,12-13H,11H2,1-4H3,(H,25,26,28). The molecule has 0 atom stereocenters. The van der Waals surface area contributed by atoms with E-state index in [-0.39, 0.29) is 24.3 Å². The maximum atomic E-state index is 13.6. The third-order valence-corrected chi connectivity index (χ3v) is 4.27. The monoisotopic (exact) mass is 415 g/mol. The Morgan fingerprint density at radius 2 is 1.83 bits per heavy atom. The lowest BCUT2D eigenvalue weighted by Gasteiger charge is -2.17. The summed E-state index contributed by atoms with van der Waals surface area (Å²) in [6.07, 6.45) is 1.50. The number of aromatic nitrogens is 2. The molecule has 1 heterocycles. The molecule has 3 rings (SSSR count). The molecule has 0 fully saturated rings. The molecular weight excluding hydrogens is 392 g/mol. The highest BCUT2D eigenvalue weighted by Crippen LogP contribution is 2.25. The second kappa shape index (κ2) is 8.94. The molecule has 3 aromatic rings. The Morgan fingerprint density at radius 1 is 1.13 bits per heavy atom. The van der Waals surface area contributed by atoms with Gasteiger partial charge in [0.15, 0.2) is 0 Å². The van der Waals surface area contributed by atoms with Crippen molar-refractivity contribution >= 4 is 11.6 Å². The molecule has 2 aromatic carbocycles. The van der Waals surface area contributed by atoms with Crippen LogP contribution in [0.25, 0.3) is 0 Å². The lowest BCUT2D eigenvalue weighted by molar-refractivity contribution is 0.242. The lowest BCUT2D eigenvalue weighted by Crippen LogP contribution is -2.19. The van der Waals surface area contributed by atoms with Crippen LogP contribution in [0, 0.1) is 18.6 Å². The number of nitrogens with one attached hydrogen (secondary N) is 1. The zero-order chi connectivity index (χ0) is 21.8. The molecule has 0 aliphatic carbocycles. The summed E-state index contributed by atoms with van der Waals surface area (Å²) < 4.78 is 39.5. The topological polar surface area (TPSA) is 65.4 Å². The summed E-state index contributed by atoms with van der Waals surface area (Å²) in [5.41, 5.74) is 1.41. The second-order valence-corrected chi connectivity index (χ2v) is 7.11. The van der Waals surface area contributed by atoms with Gasteiger partial charge in [-0.25, -0.2) is 8.78 Å². The zero-order valence-electron chi connectivity index (χ0n) is 17.2. The predicted molar refractivity (Wildman–Crippen MR) is 111 cm³/mol. The summed E-state index contributed by atoms with van der Waals surface area (Å²) in [4.78, 5) is 16.2. The fourth-order valence-corrected chi connectivity index (χ4v) is 2.97. The van der Waals surface area contributed by atoms with Crippen molar-refractivity contribution in [2.75, 3.05) is 12.4 Å². The first-order valence-corrected chi connectivity index (χ1v) is 9.40. The maximum absolute atomic E-state index is 13.6. The van der Waals surface area contributed by atoms with Gasteiger partial charge in [-0.1, -0.05) is 0 Å². The third-order valence-electron chi connectivity index (χ3n) is 4.27. The highest BCUT2D eigenvalue weighted by Gasteiger charge is 2.12. The van der Waals surface area contributed by atoms with Crippen LogP contribution in [0.1, 0.15) is 25.0 Å². The minimum Gasteiger partial charge on any atom is -0.491 e. The third kappa shape index (κ3) is 5.14. The van der Waals surface area contributed by atoms with Gasteiger partial charge in [0, 0.05) is 11.8 Å². The average molecular weight is 415 g/mol. The Hall–Kier alpha value is -3.42. The van der Waals surface area contributed by atoms with E-state index in [1.807, 2.05) is 39.0 Å². The van der Waals surface area contributed by atoms with Crippen molar-refractivity contribution in [2.45, 2.75) is 33.4 Å². The molecule has 6 nitrogen and oxygen atoms in total. The summed E-state index contributed by atoms with van der Waals surface area (Å²) in [5.74, 6) is -0.404. The molecule has 0 radical (unpaired) electrons. The smallest absolute Gasteiger partial charge is 0.316 e. The Bertz CT molecular complexity index is 1090. The van der Waals surface area contributed by atoms with Gasteiger partial charge in [-0.3, -0.25) is 4.79 Å². The number of benzene rings is 2. The summed E-state index contributed by atoms with van der Waals surface area (Å²) in [6.45, 7) is 5.85. The largest absolute Gasteiger partial charge is 0.491 e. The van der Waals surface area contributed by atoms with E-state index in [0.717, 1.165) is 17.4 Å². The first-order valence-electron chi connectivity index (χ1n) is 9.40. The van der Waals surface area contributed by atoms with Gasteiger partial charge < -0.3 is 19.4 Å². The molecule has 0 aliphatic rings. The quantitative estimate of drug-likeness (QED) is 0.619. The van der Waals surface area contributed by atoms with Crippen molar-refractivity contribution in [2.24, 2.45) is 0 Å². The van der Waals surface area contributed by atoms with Gasteiger partial charge in [-0.2, -0.15) is 4.98 Å². The highest BCUT2D eigenvalue weighted by atomic mass is 19.1. The first-order chi connectivity index (χ1) is 14.2. The Kier molecular flexibility index (Phi) is 6.34. The minimum absolute atomic E-state index is 0.0230. The van der Waals surface area contributed by atoms with E-state index in [0.29, 0.717) is 11.3 Å². The van der Waals surface area contributed by atoms with Crippen molar-refractivity contribution in [1.29, 1.82) is 0 Å². The lowest BCUT2D eigenvalue weighted by atomic mass is 10.2. The summed E-state index contributed by atoms with van der Waals surface area (Å²) in [5, 5.41) is 3.12. The number of methoxy groups -OCH3 is 1. The molecule has 0 saturated heterocycles. The fraction of sp³-hybridized carbons (Fsp3) is 0.273. The van der Waals surface area contributed by atoms with Crippen molar-refractivity contribution in [3.05, 3.63) is 75.7 Å². The van der Waals surface area contributed by atoms with E-state index in [4.69, 9.17) is 9.47 Å². The SMILES string of the molecule is COc1cn(Cc2cc(F)cc(F)c2)c(Nc2ccc(OC(C)C)cc2C)nc1=O. The van der Waals surface area contributed by atoms with E-state index in [9.17, 15) is 13.6 Å². The van der Waals surface area contributed by atoms with Crippen molar-refractivity contribution in [3.63, 3.8) is 0 Å². The van der Waals surface area contributed by atoms with Crippen LogP contribution < -0.4 is 20.3 Å². The number of rotatable bonds is 7. The molecule has 0 saturated carbocycles. The molecule has 0 spiro atoms. The number of aryl methyl sites for hydroxylation is 1. The van der Waals surface area contributed by atoms with E-state index in [1.54, 1.807) is 4.57 Å². The van der Waals surface area contributed by atoms with Crippen LogP contribution in [0.4, 0.5) is 20.4 Å². The molecule has 0 bridgehead atoms. The van der Waals surface area contributed by atoms with Crippen molar-refractivity contribution in [1.82, 2.24) is 9.55 Å². The number of nitrogens with zero attached hydrogens (tertiary/aromatic N) is 2. The van der Waals surface area contributed by atoms with E-state index < -0.39 is 17.2 Å². The van der Waals surface area contributed by atoms with Gasteiger partial charge in [-0.15, -0.1) is 0 Å². The fourth-order valence-electron chi connectivity index (χ4n) is 2.97. The second-order valence-electron chi connectivity index (χ2n) is 7.11. The van der Waals surface area contributed by atoms with Gasteiger partial charge in [0.2, 0.25) is 11.7 Å². The Labute approximate surface area is 173 Å². The van der Waals surface area contributed by atoms with Crippen molar-refractivity contribution in [3.8, 4) is 11.5 Å². The van der Waals surface area contributed by atoms with Crippen LogP contribution in [-0.4, -0.2) is 22.8 Å². The van der Waals surface area contributed by atoms with E-state index in [1.165, 1.54) is 25.4 Å². The molecule has 0 unspecified atom stereocenters. The average Bonchev–Trinajstić information content (AvgIpc) is 2.64. The number of anilines is 2. The molecule has 0 aliphatic heterocycles. The normalized spacial score (nSPS) is 10.9. The highest BCUT2D eigenvalue weighted by molar-refractivity contribution is 5.60. The maximum Gasteiger partial charge on any atom is 0.316 e. The minimum atomic E-state index is -0.683. The molecule has 0 amide bonds. The molecule has 30 heavy (non-hydrogen) atoms. The van der Waals surface area contributed by atoms with Crippen LogP contribution in [0.5, 0.6) is 11.5 Å². The van der Waals surface area contributed by atoms with Crippen LogP contribution in [0.2, 0.25) is 0 Å². The predicted octanol–water partition coefficient (Wildman–Crippen LogP) is 4.42. The number of ether oxygens (including phenoxy) is 2. The van der Waals surface area contributed by atoms with Crippen LogP contribution in [0.3, 0.4) is 0 Å². The summed E-state index contributed by atoms with van der Waals surface area (Å²) in [7, 11) is 1.36. The van der Waals surface area contributed by atoms with Gasteiger partial charge in [0.05, 0.1) is 26.0 Å². The van der Waals surface area contributed by atoms with Crippen LogP contribution in [-0.2, 0) is 6.54 Å². The molecule has 158 valence electrons. The van der Waals surface area contributed by atoms with Gasteiger partial charge in [0.1, 0.15) is 17.4 Å². The molecule has 1 aromatic heterocycles. The number of hydrogen-bond acceptors (Lipinski definition) is 5. The molecular formula is C22H23F2N3O3. The number of halogens is 2. The van der Waals surface area contributed by atoms with Crippen LogP contribution >= 0.6 is 0 Å². The van der Waals surface area contributed by atoms with Gasteiger partial charge in [-0.05, 0) is 62.2 Å². The first kappa shape index (κ1) is 21.3.